The molecule has 2 N–H and O–H groups in total. The zero-order chi connectivity index (χ0) is 14.6. The molecule has 0 aliphatic carbocycles. The van der Waals surface area contributed by atoms with E-state index in [0.717, 1.165) is 19.4 Å². The predicted molar refractivity (Wildman–Crippen MR) is 85.7 cm³/mol. The Morgan fingerprint density at radius 3 is 2.81 bits per heavy atom. The lowest BCUT2D eigenvalue weighted by Gasteiger charge is -2.28. The van der Waals surface area contributed by atoms with Gasteiger partial charge in [-0.05, 0) is 37.6 Å². The Morgan fingerprint density at radius 1 is 1.48 bits per heavy atom. The molecule has 1 unspecified atom stereocenters. The molecule has 0 aromatic heterocycles. The molecule has 0 radical (unpaired) electrons. The van der Waals surface area contributed by atoms with Crippen molar-refractivity contribution in [2.75, 3.05) is 26.8 Å². The van der Waals surface area contributed by atoms with Crippen LogP contribution in [0, 0.1) is 0 Å². The van der Waals surface area contributed by atoms with Gasteiger partial charge in [0, 0.05) is 18.7 Å². The molecule has 1 aliphatic heterocycles. The van der Waals surface area contributed by atoms with Crippen LogP contribution in [-0.2, 0) is 14.8 Å². The zero-order valence-corrected chi connectivity index (χ0v) is 14.2. The molecule has 1 aliphatic rings. The molecule has 1 aromatic rings. The van der Waals surface area contributed by atoms with Crippen molar-refractivity contribution >= 4 is 34.0 Å². The molecule has 21 heavy (non-hydrogen) atoms. The molecule has 1 heterocycles. The summed E-state index contributed by atoms with van der Waals surface area (Å²) < 4.78 is 32.3. The minimum Gasteiger partial charge on any atom is -0.383 e. The van der Waals surface area contributed by atoms with Gasteiger partial charge in [0.05, 0.1) is 17.0 Å². The van der Waals surface area contributed by atoms with Gasteiger partial charge in [0.25, 0.3) is 0 Å². The standard InChI is InChI=1S/C13H19ClN2O3S.ClH/c1-19-10-13(6-3-7-15-13)9-16-20(17,18)12-5-2-4-11(14)8-12;/h2,4-5,8,15-16H,3,6-7,9-10H2,1H3;1H. The maximum atomic E-state index is 12.2. The number of ether oxygens (including phenoxy) is 1. The first-order valence-corrected chi connectivity index (χ1v) is 8.33. The lowest BCUT2D eigenvalue weighted by atomic mass is 9.99. The van der Waals surface area contributed by atoms with E-state index in [-0.39, 0.29) is 22.8 Å². The second kappa shape index (κ2) is 7.76. The van der Waals surface area contributed by atoms with E-state index in [0.29, 0.717) is 18.2 Å². The summed E-state index contributed by atoms with van der Waals surface area (Å²) in [5.74, 6) is 0. The molecule has 1 aromatic carbocycles. The molecule has 2 rings (SSSR count). The van der Waals surface area contributed by atoms with Crippen LogP contribution in [0.1, 0.15) is 12.8 Å². The van der Waals surface area contributed by atoms with Gasteiger partial charge in [-0.25, -0.2) is 13.1 Å². The Hall–Kier alpha value is -0.370. The largest absolute Gasteiger partial charge is 0.383 e. The van der Waals surface area contributed by atoms with E-state index in [1.165, 1.54) is 12.1 Å². The quantitative estimate of drug-likeness (QED) is 0.817. The number of sulfonamides is 1. The topological polar surface area (TPSA) is 67.4 Å². The SMILES string of the molecule is COCC1(CNS(=O)(=O)c2cccc(Cl)c2)CCCN1.Cl. The molecule has 1 atom stereocenters. The van der Waals surface area contributed by atoms with E-state index >= 15 is 0 Å². The zero-order valence-electron chi connectivity index (χ0n) is 11.8. The summed E-state index contributed by atoms with van der Waals surface area (Å²) >= 11 is 5.83. The minimum absolute atomic E-state index is 0. The molecular weight excluding hydrogens is 335 g/mol. The minimum atomic E-state index is -3.56. The van der Waals surface area contributed by atoms with Gasteiger partial charge < -0.3 is 10.1 Å². The summed E-state index contributed by atoms with van der Waals surface area (Å²) in [6, 6.07) is 6.23. The van der Waals surface area contributed by atoms with Gasteiger partial charge in [0.15, 0.2) is 0 Å². The van der Waals surface area contributed by atoms with Gasteiger partial charge in [-0.15, -0.1) is 12.4 Å². The molecule has 1 saturated heterocycles. The van der Waals surface area contributed by atoms with Crippen molar-refractivity contribution in [1.82, 2.24) is 10.0 Å². The van der Waals surface area contributed by atoms with Crippen LogP contribution in [0.3, 0.4) is 0 Å². The van der Waals surface area contributed by atoms with E-state index in [1.54, 1.807) is 19.2 Å². The summed E-state index contributed by atoms with van der Waals surface area (Å²) in [5.41, 5.74) is -0.319. The summed E-state index contributed by atoms with van der Waals surface area (Å²) in [6.45, 7) is 1.66. The van der Waals surface area contributed by atoms with E-state index in [2.05, 4.69) is 10.0 Å². The highest BCUT2D eigenvalue weighted by Gasteiger charge is 2.34. The van der Waals surface area contributed by atoms with Crippen LogP contribution >= 0.6 is 24.0 Å². The molecule has 0 amide bonds. The van der Waals surface area contributed by atoms with Gasteiger partial charge in [0.1, 0.15) is 0 Å². The van der Waals surface area contributed by atoms with Gasteiger partial charge in [0.2, 0.25) is 10.0 Å². The monoisotopic (exact) mass is 354 g/mol. The third-order valence-electron chi connectivity index (χ3n) is 3.46. The number of hydrogen-bond donors (Lipinski definition) is 2. The van der Waals surface area contributed by atoms with Crippen LogP contribution in [0.2, 0.25) is 5.02 Å². The van der Waals surface area contributed by atoms with Crippen LogP contribution in [0.4, 0.5) is 0 Å². The molecule has 8 heteroatoms. The van der Waals surface area contributed by atoms with E-state index in [4.69, 9.17) is 16.3 Å². The molecule has 1 fully saturated rings. The fourth-order valence-electron chi connectivity index (χ4n) is 2.42. The third-order valence-corrected chi connectivity index (χ3v) is 5.09. The Bertz CT molecular complexity index is 560. The highest BCUT2D eigenvalue weighted by atomic mass is 35.5. The number of halogens is 2. The second-order valence-electron chi connectivity index (χ2n) is 5.03. The molecule has 120 valence electrons. The van der Waals surface area contributed by atoms with Crippen molar-refractivity contribution in [3.8, 4) is 0 Å². The Kier molecular flexibility index (Phi) is 6.90. The van der Waals surface area contributed by atoms with E-state index in [9.17, 15) is 8.42 Å². The lowest BCUT2D eigenvalue weighted by Crippen LogP contribution is -2.52. The first-order chi connectivity index (χ1) is 9.47. The Morgan fingerprint density at radius 2 is 2.24 bits per heavy atom. The Labute approximate surface area is 136 Å². The van der Waals surface area contributed by atoms with Gasteiger partial charge in [-0.2, -0.15) is 0 Å². The van der Waals surface area contributed by atoms with Crippen LogP contribution in [0.15, 0.2) is 29.2 Å². The number of nitrogens with one attached hydrogen (secondary N) is 2. The van der Waals surface area contributed by atoms with Crippen molar-refractivity contribution in [3.05, 3.63) is 29.3 Å². The van der Waals surface area contributed by atoms with Gasteiger partial charge in [-0.3, -0.25) is 0 Å². The maximum absolute atomic E-state index is 12.2. The van der Waals surface area contributed by atoms with E-state index < -0.39 is 10.0 Å². The summed E-state index contributed by atoms with van der Waals surface area (Å²) in [4.78, 5) is 0.176. The highest BCUT2D eigenvalue weighted by Crippen LogP contribution is 2.20. The first-order valence-electron chi connectivity index (χ1n) is 6.47. The number of hydrogen-bond acceptors (Lipinski definition) is 4. The molecule has 0 spiro atoms. The third kappa shape index (κ3) is 4.81. The maximum Gasteiger partial charge on any atom is 0.240 e. The fraction of sp³-hybridized carbons (Fsp3) is 0.538. The summed E-state index contributed by atoms with van der Waals surface area (Å²) in [6.07, 6.45) is 1.90. The van der Waals surface area contributed by atoms with Gasteiger partial charge >= 0.3 is 0 Å². The highest BCUT2D eigenvalue weighted by molar-refractivity contribution is 7.89. The average molecular weight is 355 g/mol. The molecule has 5 nitrogen and oxygen atoms in total. The number of rotatable bonds is 6. The number of benzene rings is 1. The van der Waals surface area contributed by atoms with Crippen LogP contribution in [-0.4, -0.2) is 40.8 Å². The van der Waals surface area contributed by atoms with Crippen molar-refractivity contribution in [1.29, 1.82) is 0 Å². The predicted octanol–water partition coefficient (Wildman–Crippen LogP) is 1.81. The average Bonchev–Trinajstić information content (AvgIpc) is 2.86. The molecule has 0 saturated carbocycles. The summed E-state index contributed by atoms with van der Waals surface area (Å²) in [7, 11) is -1.94. The summed E-state index contributed by atoms with van der Waals surface area (Å²) in [5, 5.41) is 3.73. The van der Waals surface area contributed by atoms with Crippen LogP contribution in [0.25, 0.3) is 0 Å². The van der Waals surface area contributed by atoms with Crippen LogP contribution in [0.5, 0.6) is 0 Å². The first kappa shape index (κ1) is 18.7. The van der Waals surface area contributed by atoms with E-state index in [1.807, 2.05) is 0 Å². The van der Waals surface area contributed by atoms with Gasteiger partial charge in [-0.1, -0.05) is 17.7 Å². The smallest absolute Gasteiger partial charge is 0.240 e. The van der Waals surface area contributed by atoms with Crippen molar-refractivity contribution in [2.45, 2.75) is 23.3 Å². The molecular formula is C13H20Cl2N2O3S. The van der Waals surface area contributed by atoms with Crippen molar-refractivity contribution in [2.24, 2.45) is 0 Å². The van der Waals surface area contributed by atoms with Crippen LogP contribution < -0.4 is 10.0 Å². The van der Waals surface area contributed by atoms with Crippen molar-refractivity contribution in [3.63, 3.8) is 0 Å². The normalized spacial score (nSPS) is 22.0. The molecule has 0 bridgehead atoms. The Balaban J connectivity index is 0.00000220. The lowest BCUT2D eigenvalue weighted by molar-refractivity contribution is 0.122. The second-order valence-corrected chi connectivity index (χ2v) is 7.23. The fourth-order valence-corrected chi connectivity index (χ4v) is 3.85. The van der Waals surface area contributed by atoms with Crippen molar-refractivity contribution < 1.29 is 13.2 Å². The number of methoxy groups -OCH3 is 1.